The molecule has 41 heavy (non-hydrogen) atoms. The van der Waals surface area contributed by atoms with Crippen LogP contribution in [0, 0.1) is 0 Å². The van der Waals surface area contributed by atoms with E-state index in [9.17, 15) is 19.2 Å². The van der Waals surface area contributed by atoms with Gasteiger partial charge < -0.3 is 25.0 Å². The van der Waals surface area contributed by atoms with Crippen LogP contribution in [-0.2, 0) is 31.1 Å². The van der Waals surface area contributed by atoms with Crippen LogP contribution in [0.3, 0.4) is 0 Å². The topological polar surface area (TPSA) is 114 Å². The number of hydrogen-bond donors (Lipinski definition) is 2. The van der Waals surface area contributed by atoms with Crippen LogP contribution in [0.15, 0.2) is 41.3 Å². The first-order chi connectivity index (χ1) is 19.1. The smallest absolute Gasteiger partial charge is 0.325 e. The van der Waals surface area contributed by atoms with Gasteiger partial charge in [-0.2, -0.15) is 0 Å². The second-order valence-corrected chi connectivity index (χ2v) is 13.5. The predicted molar refractivity (Wildman–Crippen MR) is 163 cm³/mol. The van der Waals surface area contributed by atoms with E-state index in [1.807, 2.05) is 32.9 Å². The van der Waals surface area contributed by atoms with Crippen LogP contribution in [0.5, 0.6) is 5.75 Å². The van der Waals surface area contributed by atoms with Gasteiger partial charge in [0.25, 0.3) is 17.7 Å². The minimum absolute atomic E-state index is 0.123. The molecule has 2 aromatic rings. The van der Waals surface area contributed by atoms with E-state index in [0.29, 0.717) is 31.8 Å². The summed E-state index contributed by atoms with van der Waals surface area (Å²) in [5.74, 6) is -0.925. The van der Waals surface area contributed by atoms with Crippen LogP contribution in [0.2, 0.25) is 0 Å². The molecule has 1 saturated heterocycles. The van der Waals surface area contributed by atoms with Crippen LogP contribution in [0.25, 0.3) is 6.08 Å². The molecule has 0 saturated carbocycles. The first-order valence-corrected chi connectivity index (χ1v) is 14.3. The normalized spacial score (nSPS) is 16.3. The Balaban J connectivity index is 1.63. The lowest BCUT2D eigenvalue weighted by molar-refractivity contribution is -0.153. The Morgan fingerprint density at radius 1 is 1.12 bits per heavy atom. The van der Waals surface area contributed by atoms with Crippen LogP contribution < -0.4 is 20.3 Å². The molecule has 0 spiro atoms. The van der Waals surface area contributed by atoms with Crippen molar-refractivity contribution in [1.82, 2.24) is 10.6 Å². The number of carbonyl (C=O) groups is 4. The molecule has 4 rings (SSSR count). The Hall–Kier alpha value is -3.70. The lowest BCUT2D eigenvalue weighted by Crippen LogP contribution is -2.38. The van der Waals surface area contributed by atoms with Gasteiger partial charge in [-0.1, -0.05) is 56.9 Å². The summed E-state index contributed by atoms with van der Waals surface area (Å²) in [7, 11) is 0. The number of thiocarbonyl (C=S) groups is 1. The third-order valence-electron chi connectivity index (χ3n) is 6.14. The molecule has 2 heterocycles. The number of nitrogens with zero attached hydrogens (tertiary/aromatic N) is 1. The molecule has 11 heteroatoms. The molecule has 0 atom stereocenters. The lowest BCUT2D eigenvalue weighted by Gasteiger charge is -2.30. The van der Waals surface area contributed by atoms with E-state index in [2.05, 4.69) is 10.6 Å². The summed E-state index contributed by atoms with van der Waals surface area (Å²) in [5, 5.41) is 5.23. The number of anilines is 1. The zero-order valence-electron chi connectivity index (χ0n) is 23.9. The average molecular weight is 596 g/mol. The summed E-state index contributed by atoms with van der Waals surface area (Å²) in [4.78, 5) is 52.5. The summed E-state index contributed by atoms with van der Waals surface area (Å²) in [5.41, 5.74) is 2.32. The highest BCUT2D eigenvalue weighted by Crippen LogP contribution is 2.36. The van der Waals surface area contributed by atoms with Gasteiger partial charge in [0.2, 0.25) is 0 Å². The standard InChI is InChI=1S/C30H33N3O6S2/c1-29(2,3)20-10-18(9-19(13-20)26(36)31-14-25(35)39-30(4,5)6)15-33-21-11-17(7-8-22(21)38-16-24(33)34)12-23-27(37)32-28(40)41-23/h7-13H,14-16H2,1-6H3,(H,31,36)(H,32,37,40). The van der Waals surface area contributed by atoms with Crippen LogP contribution >= 0.6 is 24.0 Å². The quantitative estimate of drug-likeness (QED) is 0.286. The van der Waals surface area contributed by atoms with Gasteiger partial charge in [-0.05, 0) is 73.2 Å². The number of esters is 1. The van der Waals surface area contributed by atoms with E-state index in [1.54, 1.807) is 56.0 Å². The molecular weight excluding hydrogens is 562 g/mol. The fraction of sp³-hybridized carbons (Fsp3) is 0.367. The zero-order valence-corrected chi connectivity index (χ0v) is 25.5. The maximum absolute atomic E-state index is 13.1. The van der Waals surface area contributed by atoms with E-state index < -0.39 is 17.5 Å². The molecule has 2 aliphatic heterocycles. The van der Waals surface area contributed by atoms with Crippen molar-refractivity contribution in [3.63, 3.8) is 0 Å². The molecule has 216 valence electrons. The molecular formula is C30H33N3O6S2. The summed E-state index contributed by atoms with van der Waals surface area (Å²) in [6.07, 6.45) is 1.71. The van der Waals surface area contributed by atoms with Gasteiger partial charge in [-0.15, -0.1) is 0 Å². The van der Waals surface area contributed by atoms with Crippen LogP contribution in [0.4, 0.5) is 5.69 Å². The molecule has 0 radical (unpaired) electrons. The summed E-state index contributed by atoms with van der Waals surface area (Å²) in [6.45, 7) is 11.2. The number of thioether (sulfide) groups is 1. The van der Waals surface area contributed by atoms with Crippen LogP contribution in [-0.4, -0.2) is 46.8 Å². The van der Waals surface area contributed by atoms with Crippen molar-refractivity contribution >= 4 is 63.8 Å². The van der Waals surface area contributed by atoms with Crippen LogP contribution in [0.1, 0.15) is 68.6 Å². The van der Waals surface area contributed by atoms with Gasteiger partial charge in [0.15, 0.2) is 6.61 Å². The number of carbonyl (C=O) groups excluding carboxylic acids is 4. The van der Waals surface area contributed by atoms with Crippen molar-refractivity contribution in [2.75, 3.05) is 18.1 Å². The molecule has 0 bridgehead atoms. The largest absolute Gasteiger partial charge is 0.482 e. The van der Waals surface area contributed by atoms with E-state index in [1.165, 1.54) is 11.8 Å². The van der Waals surface area contributed by atoms with Crippen molar-refractivity contribution in [3.05, 3.63) is 63.6 Å². The lowest BCUT2D eigenvalue weighted by atomic mass is 9.85. The number of hydrogen-bond acceptors (Lipinski definition) is 8. The zero-order chi connectivity index (χ0) is 30.1. The molecule has 0 aliphatic carbocycles. The third kappa shape index (κ3) is 7.74. The van der Waals surface area contributed by atoms with Crippen molar-refractivity contribution in [2.24, 2.45) is 0 Å². The minimum atomic E-state index is -0.659. The molecule has 9 nitrogen and oxygen atoms in total. The first-order valence-electron chi connectivity index (χ1n) is 13.1. The maximum Gasteiger partial charge on any atom is 0.325 e. The highest BCUT2D eigenvalue weighted by Gasteiger charge is 2.28. The summed E-state index contributed by atoms with van der Waals surface area (Å²) < 4.78 is 11.4. The highest BCUT2D eigenvalue weighted by atomic mass is 32.2. The average Bonchev–Trinajstić information content (AvgIpc) is 3.18. The number of benzene rings is 2. The predicted octanol–water partition coefficient (Wildman–Crippen LogP) is 4.47. The number of ether oxygens (including phenoxy) is 2. The molecule has 2 N–H and O–H groups in total. The number of amides is 3. The molecule has 3 amide bonds. The van der Waals surface area contributed by atoms with Gasteiger partial charge in [0.1, 0.15) is 22.2 Å². The second kappa shape index (κ2) is 11.7. The molecule has 0 unspecified atom stereocenters. The summed E-state index contributed by atoms with van der Waals surface area (Å²) >= 11 is 6.25. The van der Waals surface area contributed by atoms with E-state index in [-0.39, 0.29) is 36.9 Å². The fourth-order valence-corrected chi connectivity index (χ4v) is 5.26. The third-order valence-corrected chi connectivity index (χ3v) is 7.30. The number of fused-ring (bicyclic) bond motifs is 1. The van der Waals surface area contributed by atoms with Gasteiger partial charge in [-0.3, -0.25) is 19.2 Å². The highest BCUT2D eigenvalue weighted by molar-refractivity contribution is 8.26. The monoisotopic (exact) mass is 595 g/mol. The maximum atomic E-state index is 13.1. The Bertz CT molecular complexity index is 1470. The Morgan fingerprint density at radius 2 is 1.85 bits per heavy atom. The van der Waals surface area contributed by atoms with E-state index >= 15 is 0 Å². The number of rotatable bonds is 6. The number of nitrogens with one attached hydrogen (secondary N) is 2. The van der Waals surface area contributed by atoms with Crippen molar-refractivity contribution in [1.29, 1.82) is 0 Å². The minimum Gasteiger partial charge on any atom is -0.482 e. The Labute approximate surface area is 249 Å². The van der Waals surface area contributed by atoms with Crippen molar-refractivity contribution < 1.29 is 28.7 Å². The Kier molecular flexibility index (Phi) is 8.60. The van der Waals surface area contributed by atoms with Crippen molar-refractivity contribution in [2.45, 2.75) is 59.1 Å². The molecule has 1 fully saturated rings. The van der Waals surface area contributed by atoms with Gasteiger partial charge in [-0.25, -0.2) is 0 Å². The molecule has 0 aromatic heterocycles. The molecule has 2 aromatic carbocycles. The van der Waals surface area contributed by atoms with Crippen molar-refractivity contribution in [3.8, 4) is 5.75 Å². The van der Waals surface area contributed by atoms with E-state index in [4.69, 9.17) is 21.7 Å². The second-order valence-electron chi connectivity index (χ2n) is 11.8. The van der Waals surface area contributed by atoms with Gasteiger partial charge >= 0.3 is 5.97 Å². The van der Waals surface area contributed by atoms with E-state index in [0.717, 1.165) is 11.1 Å². The SMILES string of the molecule is CC(C)(C)OC(=O)CNC(=O)c1cc(CN2C(=O)COc3ccc(C=C4SC(=S)NC4=O)cc32)cc(C(C)(C)C)c1. The summed E-state index contributed by atoms with van der Waals surface area (Å²) in [6, 6.07) is 10.8. The molecule has 2 aliphatic rings. The first kappa shape index (κ1) is 30.3. The van der Waals surface area contributed by atoms with Gasteiger partial charge in [0, 0.05) is 5.56 Å². The van der Waals surface area contributed by atoms with Gasteiger partial charge in [0.05, 0.1) is 17.1 Å². The Morgan fingerprint density at radius 3 is 2.49 bits per heavy atom. The fourth-order valence-electron chi connectivity index (χ4n) is 4.22.